The average molecular weight is 435 g/mol. The summed E-state index contributed by atoms with van der Waals surface area (Å²) in [4.78, 5) is 13.9. The molecule has 152 valence electrons. The zero-order valence-corrected chi connectivity index (χ0v) is 18.2. The van der Waals surface area contributed by atoms with E-state index in [1.165, 1.54) is 16.6 Å². The molecule has 0 atom stereocenters. The van der Waals surface area contributed by atoms with Crippen molar-refractivity contribution in [3.05, 3.63) is 82.8 Å². The Balaban J connectivity index is 1.42. The molecular weight excluding hydrogens is 412 g/mol. The quantitative estimate of drug-likeness (QED) is 0.380. The Morgan fingerprint density at radius 3 is 2.60 bits per heavy atom. The van der Waals surface area contributed by atoms with Crippen molar-refractivity contribution in [2.24, 2.45) is 0 Å². The van der Waals surface area contributed by atoms with Gasteiger partial charge in [-0.3, -0.25) is 4.79 Å². The molecule has 0 spiro atoms. The minimum absolute atomic E-state index is 0.0613. The number of rotatable bonds is 8. The molecule has 0 bridgehead atoms. The van der Waals surface area contributed by atoms with Crippen molar-refractivity contribution in [2.45, 2.75) is 25.0 Å². The molecule has 30 heavy (non-hydrogen) atoms. The van der Waals surface area contributed by atoms with Gasteiger partial charge in [0.25, 0.3) is 0 Å². The van der Waals surface area contributed by atoms with Crippen LogP contribution in [0.15, 0.2) is 77.3 Å². The monoisotopic (exact) mass is 434 g/mol. The molecule has 1 N–H and O–H groups in total. The molecule has 2 heterocycles. The van der Waals surface area contributed by atoms with Crippen molar-refractivity contribution in [1.29, 1.82) is 0 Å². The van der Waals surface area contributed by atoms with Crippen LogP contribution in [0.1, 0.15) is 17.6 Å². The largest absolute Gasteiger partial charge is 0.325 e. The van der Waals surface area contributed by atoms with E-state index in [0.717, 1.165) is 40.8 Å². The number of aromatic nitrogens is 3. The summed E-state index contributed by atoms with van der Waals surface area (Å²) in [6.07, 6.45) is 0.760. The first-order chi connectivity index (χ1) is 14.7. The number of nitrogens with one attached hydrogen (secondary N) is 1. The minimum Gasteiger partial charge on any atom is -0.325 e. The Hall–Kier alpha value is -2.90. The van der Waals surface area contributed by atoms with Crippen molar-refractivity contribution in [1.82, 2.24) is 14.8 Å². The lowest BCUT2D eigenvalue weighted by molar-refractivity contribution is -0.113. The van der Waals surface area contributed by atoms with Gasteiger partial charge in [0.2, 0.25) is 5.91 Å². The zero-order valence-electron chi connectivity index (χ0n) is 16.6. The molecular formula is C23H22N4OS2. The number of carbonyl (C=O) groups is 1. The molecule has 1 amide bonds. The van der Waals surface area contributed by atoms with Crippen LogP contribution >= 0.6 is 23.1 Å². The summed E-state index contributed by atoms with van der Waals surface area (Å²) in [6, 6.07) is 22.1. The Morgan fingerprint density at radius 1 is 1.03 bits per heavy atom. The van der Waals surface area contributed by atoms with Crippen molar-refractivity contribution in [3.63, 3.8) is 0 Å². The smallest absolute Gasteiger partial charge is 0.234 e. The highest BCUT2D eigenvalue weighted by Gasteiger charge is 2.15. The number of thiophene rings is 1. The number of para-hydroxylation sites is 1. The third kappa shape index (κ3) is 4.80. The van der Waals surface area contributed by atoms with Crippen LogP contribution in [-0.2, 0) is 17.8 Å². The van der Waals surface area contributed by atoms with Crippen LogP contribution in [-0.4, -0.2) is 26.4 Å². The lowest BCUT2D eigenvalue weighted by Gasteiger charge is -2.11. The lowest BCUT2D eigenvalue weighted by Crippen LogP contribution is -2.15. The Labute approximate surface area is 184 Å². The second kappa shape index (κ2) is 9.73. The highest BCUT2D eigenvalue weighted by molar-refractivity contribution is 7.99. The highest BCUT2D eigenvalue weighted by Crippen LogP contribution is 2.28. The molecule has 7 heteroatoms. The van der Waals surface area contributed by atoms with Gasteiger partial charge in [-0.25, -0.2) is 0 Å². The van der Waals surface area contributed by atoms with Gasteiger partial charge >= 0.3 is 0 Å². The maximum absolute atomic E-state index is 12.6. The molecule has 4 rings (SSSR count). The van der Waals surface area contributed by atoms with Gasteiger partial charge in [-0.2, -0.15) is 0 Å². The molecule has 0 radical (unpaired) electrons. The molecule has 0 unspecified atom stereocenters. The van der Waals surface area contributed by atoms with Crippen molar-refractivity contribution in [2.75, 3.05) is 11.1 Å². The molecule has 0 saturated carbocycles. The van der Waals surface area contributed by atoms with Gasteiger partial charge in [0.1, 0.15) is 5.82 Å². The molecule has 4 aromatic rings. The fourth-order valence-corrected chi connectivity index (χ4v) is 4.74. The van der Waals surface area contributed by atoms with Crippen LogP contribution in [0.25, 0.3) is 11.1 Å². The summed E-state index contributed by atoms with van der Waals surface area (Å²) in [5, 5.41) is 14.5. The maximum atomic E-state index is 12.6. The summed E-state index contributed by atoms with van der Waals surface area (Å²) >= 11 is 3.13. The van der Waals surface area contributed by atoms with E-state index in [2.05, 4.69) is 38.5 Å². The van der Waals surface area contributed by atoms with E-state index >= 15 is 0 Å². The van der Waals surface area contributed by atoms with E-state index in [0.29, 0.717) is 0 Å². The first-order valence-corrected chi connectivity index (χ1v) is 11.6. The van der Waals surface area contributed by atoms with E-state index in [4.69, 9.17) is 0 Å². The van der Waals surface area contributed by atoms with Gasteiger partial charge in [0.05, 0.1) is 5.75 Å². The number of nitrogens with zero attached hydrogens (tertiary/aromatic N) is 3. The van der Waals surface area contributed by atoms with E-state index in [9.17, 15) is 4.79 Å². The normalized spacial score (nSPS) is 10.8. The first-order valence-electron chi connectivity index (χ1n) is 9.76. The molecule has 0 aliphatic carbocycles. The molecule has 0 aliphatic heterocycles. The first kappa shape index (κ1) is 20.4. The van der Waals surface area contributed by atoms with Gasteiger partial charge in [0.15, 0.2) is 5.16 Å². The predicted molar refractivity (Wildman–Crippen MR) is 124 cm³/mol. The summed E-state index contributed by atoms with van der Waals surface area (Å²) in [6.45, 7) is 2.84. The van der Waals surface area contributed by atoms with Crippen molar-refractivity contribution < 1.29 is 4.79 Å². The van der Waals surface area contributed by atoms with E-state index in [1.807, 2.05) is 60.7 Å². The number of hydrogen-bond donors (Lipinski definition) is 1. The van der Waals surface area contributed by atoms with E-state index < -0.39 is 0 Å². The SMILES string of the molecule is CCn1c(Cc2cccs2)nnc1SCC(=O)Nc1ccccc1-c1ccccc1. The number of amides is 1. The molecule has 0 fully saturated rings. The molecule has 0 saturated heterocycles. The Kier molecular flexibility index (Phi) is 6.61. The standard InChI is InChI=1S/C23H22N4OS2/c1-2-27-21(15-18-11-8-14-29-18)25-26-23(27)30-16-22(28)24-20-13-7-6-12-19(20)17-9-4-3-5-10-17/h3-14H,2,15-16H2,1H3,(H,24,28). The molecule has 2 aromatic heterocycles. The summed E-state index contributed by atoms with van der Waals surface area (Å²) < 4.78 is 2.08. The fourth-order valence-electron chi connectivity index (χ4n) is 3.22. The van der Waals surface area contributed by atoms with Crippen LogP contribution in [0.5, 0.6) is 0 Å². The van der Waals surface area contributed by atoms with Gasteiger partial charge in [-0.1, -0.05) is 66.4 Å². The number of anilines is 1. The Bertz CT molecular complexity index is 1110. The number of benzene rings is 2. The number of carbonyl (C=O) groups excluding carboxylic acids is 1. The summed E-state index contributed by atoms with van der Waals surface area (Å²) in [5.74, 6) is 1.14. The van der Waals surface area contributed by atoms with Gasteiger partial charge in [-0.05, 0) is 30.0 Å². The molecule has 0 aliphatic rings. The maximum Gasteiger partial charge on any atom is 0.234 e. The highest BCUT2D eigenvalue weighted by atomic mass is 32.2. The van der Waals surface area contributed by atoms with Crippen molar-refractivity contribution >= 4 is 34.7 Å². The third-order valence-electron chi connectivity index (χ3n) is 4.64. The van der Waals surface area contributed by atoms with Crippen LogP contribution in [0.4, 0.5) is 5.69 Å². The Morgan fingerprint density at radius 2 is 1.83 bits per heavy atom. The van der Waals surface area contributed by atoms with Crippen LogP contribution in [0, 0.1) is 0 Å². The van der Waals surface area contributed by atoms with E-state index in [-0.39, 0.29) is 11.7 Å². The lowest BCUT2D eigenvalue weighted by atomic mass is 10.0. The molecule has 2 aromatic carbocycles. The van der Waals surface area contributed by atoms with Crippen LogP contribution in [0.2, 0.25) is 0 Å². The van der Waals surface area contributed by atoms with Crippen LogP contribution < -0.4 is 5.32 Å². The second-order valence-electron chi connectivity index (χ2n) is 6.65. The number of thioether (sulfide) groups is 1. The summed E-state index contributed by atoms with van der Waals surface area (Å²) in [5.41, 5.74) is 2.89. The zero-order chi connectivity index (χ0) is 20.8. The van der Waals surface area contributed by atoms with Crippen molar-refractivity contribution in [3.8, 4) is 11.1 Å². The third-order valence-corrected chi connectivity index (χ3v) is 6.48. The minimum atomic E-state index is -0.0613. The molecule has 5 nitrogen and oxygen atoms in total. The summed E-state index contributed by atoms with van der Waals surface area (Å²) in [7, 11) is 0. The average Bonchev–Trinajstić information content (AvgIpc) is 3.43. The predicted octanol–water partition coefficient (Wildman–Crippen LogP) is 5.35. The number of hydrogen-bond acceptors (Lipinski definition) is 5. The fraction of sp³-hybridized carbons (Fsp3) is 0.174. The second-order valence-corrected chi connectivity index (χ2v) is 8.62. The topological polar surface area (TPSA) is 59.8 Å². The van der Waals surface area contributed by atoms with E-state index in [1.54, 1.807) is 11.3 Å². The van der Waals surface area contributed by atoms with Gasteiger partial charge in [0, 0.05) is 29.1 Å². The van der Waals surface area contributed by atoms with Gasteiger partial charge in [-0.15, -0.1) is 21.5 Å². The van der Waals surface area contributed by atoms with Crippen LogP contribution in [0.3, 0.4) is 0 Å². The van der Waals surface area contributed by atoms with Gasteiger partial charge < -0.3 is 9.88 Å².